The Morgan fingerprint density at radius 2 is 2.07 bits per heavy atom. The van der Waals surface area contributed by atoms with Crippen LogP contribution >= 0.6 is 0 Å². The van der Waals surface area contributed by atoms with E-state index in [1.807, 2.05) is 0 Å². The molecule has 2 N–H and O–H groups in total. The van der Waals surface area contributed by atoms with E-state index in [0.29, 0.717) is 5.92 Å². The highest BCUT2D eigenvalue weighted by Gasteiger charge is 2.30. The molecule has 3 heteroatoms. The van der Waals surface area contributed by atoms with Gasteiger partial charge >= 0.3 is 0 Å². The Balaban J connectivity index is 1.97. The average molecular weight is 193 g/mol. The van der Waals surface area contributed by atoms with Gasteiger partial charge in [-0.3, -0.25) is 4.79 Å². The molecule has 1 amide bonds. The molecule has 1 aliphatic carbocycles. The van der Waals surface area contributed by atoms with E-state index < -0.39 is 0 Å². The van der Waals surface area contributed by atoms with Crippen molar-refractivity contribution in [3.8, 4) is 0 Å². The molecule has 0 aromatic carbocycles. The van der Waals surface area contributed by atoms with Crippen molar-refractivity contribution in [2.24, 2.45) is 5.92 Å². The summed E-state index contributed by atoms with van der Waals surface area (Å²) in [7, 11) is 0. The number of carbonyl (C=O) groups excluding carboxylic acids is 1. The largest absolute Gasteiger partial charge is 0.503 e. The zero-order valence-corrected chi connectivity index (χ0v) is 8.12. The summed E-state index contributed by atoms with van der Waals surface area (Å²) in [6.07, 6.45) is 5.86. The van der Waals surface area contributed by atoms with Crippen molar-refractivity contribution >= 4 is 5.91 Å². The molecular weight excluding hydrogens is 178 g/mol. The molecule has 0 aromatic heterocycles. The van der Waals surface area contributed by atoms with Crippen LogP contribution in [0.15, 0.2) is 24.0 Å². The number of allylic oxidation sites excluding steroid dienone is 1. The van der Waals surface area contributed by atoms with E-state index in [1.54, 1.807) is 6.08 Å². The van der Waals surface area contributed by atoms with Crippen molar-refractivity contribution in [1.82, 2.24) is 5.32 Å². The van der Waals surface area contributed by atoms with Crippen molar-refractivity contribution in [2.45, 2.75) is 31.7 Å². The number of hydrogen-bond acceptors (Lipinski definition) is 2. The summed E-state index contributed by atoms with van der Waals surface area (Å²) in [5.41, 5.74) is 1.30. The van der Waals surface area contributed by atoms with E-state index >= 15 is 0 Å². The normalized spacial score (nSPS) is 28.9. The summed E-state index contributed by atoms with van der Waals surface area (Å²) < 4.78 is 0. The van der Waals surface area contributed by atoms with Crippen molar-refractivity contribution in [2.75, 3.05) is 0 Å². The summed E-state index contributed by atoms with van der Waals surface area (Å²) in [5, 5.41) is 12.0. The van der Waals surface area contributed by atoms with Gasteiger partial charge in [-0.2, -0.15) is 0 Å². The molecular formula is C11H15NO2. The Morgan fingerprint density at radius 1 is 1.43 bits per heavy atom. The molecule has 2 aliphatic rings. The highest BCUT2D eigenvalue weighted by Crippen LogP contribution is 2.31. The second-order valence-corrected chi connectivity index (χ2v) is 4.14. The van der Waals surface area contributed by atoms with Crippen LogP contribution in [0.5, 0.6) is 0 Å². The minimum atomic E-state index is -0.334. The lowest BCUT2D eigenvalue weighted by atomic mass is 9.82. The van der Waals surface area contributed by atoms with Gasteiger partial charge in [-0.25, -0.2) is 0 Å². The van der Waals surface area contributed by atoms with Gasteiger partial charge in [-0.1, -0.05) is 12.2 Å². The SMILES string of the molecule is C=C1CCC(C2C=C(O)C(=O)N2)CC1. The number of rotatable bonds is 1. The maximum absolute atomic E-state index is 11.0. The van der Waals surface area contributed by atoms with Gasteiger partial charge in [0.05, 0.1) is 6.04 Å². The van der Waals surface area contributed by atoms with Crippen LogP contribution in [0, 0.1) is 5.92 Å². The topological polar surface area (TPSA) is 49.3 Å². The maximum Gasteiger partial charge on any atom is 0.286 e. The van der Waals surface area contributed by atoms with E-state index in [0.717, 1.165) is 25.7 Å². The highest BCUT2D eigenvalue weighted by atomic mass is 16.3. The molecule has 3 nitrogen and oxygen atoms in total. The zero-order valence-electron chi connectivity index (χ0n) is 8.12. The van der Waals surface area contributed by atoms with Crippen LogP contribution in [-0.4, -0.2) is 17.1 Å². The lowest BCUT2D eigenvalue weighted by molar-refractivity contribution is -0.119. The lowest BCUT2D eigenvalue weighted by Crippen LogP contribution is -2.35. The molecule has 0 aromatic rings. The molecule has 1 unspecified atom stereocenters. The first-order valence-electron chi connectivity index (χ1n) is 5.05. The maximum atomic E-state index is 11.0. The standard InChI is InChI=1S/C11H15NO2/c1-7-2-4-8(5-3-7)9-6-10(13)11(14)12-9/h6,8-9,13H,1-5H2,(H,12,14). The first-order valence-corrected chi connectivity index (χ1v) is 5.05. The third kappa shape index (κ3) is 1.67. The van der Waals surface area contributed by atoms with Crippen LogP contribution in [0.25, 0.3) is 0 Å². The highest BCUT2D eigenvalue weighted by molar-refractivity contribution is 5.93. The average Bonchev–Trinajstić information content (AvgIpc) is 2.48. The van der Waals surface area contributed by atoms with Crippen LogP contribution in [-0.2, 0) is 4.79 Å². The first kappa shape index (κ1) is 9.31. The van der Waals surface area contributed by atoms with Gasteiger partial charge in [0.25, 0.3) is 5.91 Å². The molecule has 1 saturated carbocycles. The summed E-state index contributed by atoms with van der Waals surface area (Å²) >= 11 is 0. The predicted octanol–water partition coefficient (Wildman–Crippen LogP) is 1.67. The minimum absolute atomic E-state index is 0.0376. The molecule has 0 bridgehead atoms. The Kier molecular flexibility index (Phi) is 2.32. The van der Waals surface area contributed by atoms with Crippen molar-refractivity contribution in [3.63, 3.8) is 0 Å². The second-order valence-electron chi connectivity index (χ2n) is 4.14. The van der Waals surface area contributed by atoms with Crippen LogP contribution in [0.4, 0.5) is 0 Å². The van der Waals surface area contributed by atoms with Gasteiger partial charge in [0.2, 0.25) is 0 Å². The molecule has 0 saturated heterocycles. The van der Waals surface area contributed by atoms with Gasteiger partial charge in [0.1, 0.15) is 0 Å². The lowest BCUT2D eigenvalue weighted by Gasteiger charge is -2.27. The molecule has 14 heavy (non-hydrogen) atoms. The summed E-state index contributed by atoms with van der Waals surface area (Å²) in [6.45, 7) is 3.95. The molecule has 0 radical (unpaired) electrons. The van der Waals surface area contributed by atoms with Gasteiger partial charge in [-0.05, 0) is 37.7 Å². The number of aliphatic hydroxyl groups is 1. The van der Waals surface area contributed by atoms with E-state index in [2.05, 4.69) is 11.9 Å². The molecule has 1 aliphatic heterocycles. The number of amides is 1. The van der Waals surface area contributed by atoms with Crippen molar-refractivity contribution < 1.29 is 9.90 Å². The Labute approximate surface area is 83.5 Å². The second kappa shape index (κ2) is 3.48. The van der Waals surface area contributed by atoms with Crippen molar-refractivity contribution in [1.29, 1.82) is 0 Å². The summed E-state index contributed by atoms with van der Waals surface area (Å²) in [5.74, 6) is 0.00731. The summed E-state index contributed by atoms with van der Waals surface area (Å²) in [6, 6.07) is 0.0376. The minimum Gasteiger partial charge on any atom is -0.503 e. The smallest absolute Gasteiger partial charge is 0.286 e. The molecule has 0 spiro atoms. The molecule has 1 atom stereocenters. The van der Waals surface area contributed by atoms with E-state index in [4.69, 9.17) is 0 Å². The van der Waals surface area contributed by atoms with Gasteiger partial charge in [-0.15, -0.1) is 0 Å². The van der Waals surface area contributed by atoms with E-state index in [-0.39, 0.29) is 17.7 Å². The number of nitrogens with one attached hydrogen (secondary N) is 1. The fourth-order valence-corrected chi connectivity index (χ4v) is 2.17. The monoisotopic (exact) mass is 193 g/mol. The Bertz CT molecular complexity index is 296. The predicted molar refractivity (Wildman–Crippen MR) is 53.7 cm³/mol. The quantitative estimate of drug-likeness (QED) is 0.622. The van der Waals surface area contributed by atoms with Crippen molar-refractivity contribution in [3.05, 3.63) is 24.0 Å². The molecule has 1 fully saturated rings. The number of carbonyl (C=O) groups is 1. The Hall–Kier alpha value is -1.25. The van der Waals surface area contributed by atoms with E-state index in [9.17, 15) is 9.90 Å². The van der Waals surface area contributed by atoms with Crippen LogP contribution in [0.3, 0.4) is 0 Å². The third-order valence-electron chi connectivity index (χ3n) is 3.11. The van der Waals surface area contributed by atoms with Gasteiger partial charge in [0, 0.05) is 0 Å². The Morgan fingerprint density at radius 3 is 2.57 bits per heavy atom. The van der Waals surface area contributed by atoms with E-state index in [1.165, 1.54) is 5.57 Å². The fourth-order valence-electron chi connectivity index (χ4n) is 2.17. The fraction of sp³-hybridized carbons (Fsp3) is 0.545. The molecule has 2 rings (SSSR count). The van der Waals surface area contributed by atoms with Crippen LogP contribution in [0.2, 0.25) is 0 Å². The zero-order chi connectivity index (χ0) is 10.1. The molecule has 76 valence electrons. The third-order valence-corrected chi connectivity index (χ3v) is 3.11. The number of hydrogen-bond donors (Lipinski definition) is 2. The van der Waals surface area contributed by atoms with Gasteiger partial charge < -0.3 is 10.4 Å². The number of aliphatic hydroxyl groups excluding tert-OH is 1. The van der Waals surface area contributed by atoms with Crippen LogP contribution < -0.4 is 5.32 Å². The molecule has 1 heterocycles. The first-order chi connectivity index (χ1) is 6.66. The van der Waals surface area contributed by atoms with Crippen LogP contribution in [0.1, 0.15) is 25.7 Å². The van der Waals surface area contributed by atoms with Gasteiger partial charge in [0.15, 0.2) is 5.76 Å². The summed E-state index contributed by atoms with van der Waals surface area (Å²) in [4.78, 5) is 11.0.